The third-order valence-corrected chi connectivity index (χ3v) is 7.45. The number of benzene rings is 2. The van der Waals surface area contributed by atoms with E-state index < -0.39 is 30.3 Å². The zero-order valence-corrected chi connectivity index (χ0v) is 20.7. The molecule has 1 amide bonds. The molecule has 2 N–H and O–H groups in total. The van der Waals surface area contributed by atoms with Crippen LogP contribution in [0.1, 0.15) is 54.1 Å². The fourth-order valence-corrected chi connectivity index (χ4v) is 5.41. The van der Waals surface area contributed by atoms with Crippen LogP contribution in [-0.4, -0.2) is 39.4 Å². The van der Waals surface area contributed by atoms with E-state index in [0.717, 1.165) is 11.1 Å². The molecule has 0 radical (unpaired) electrons. The van der Waals surface area contributed by atoms with Gasteiger partial charge in [-0.2, -0.15) is 13.2 Å². The number of alkyl halides is 3. The summed E-state index contributed by atoms with van der Waals surface area (Å²) in [4.78, 5) is 32.5. The monoisotopic (exact) mass is 526 g/mol. The van der Waals surface area contributed by atoms with E-state index in [9.17, 15) is 22.8 Å². The van der Waals surface area contributed by atoms with Crippen LogP contribution in [0.3, 0.4) is 0 Å². The van der Waals surface area contributed by atoms with Crippen LogP contribution in [0.5, 0.6) is 0 Å². The Hall–Kier alpha value is -3.82. The summed E-state index contributed by atoms with van der Waals surface area (Å²) >= 11 is 0. The van der Waals surface area contributed by atoms with Gasteiger partial charge in [-0.3, -0.25) is 9.36 Å². The van der Waals surface area contributed by atoms with Crippen molar-refractivity contribution in [2.45, 2.75) is 57.0 Å². The van der Waals surface area contributed by atoms with Gasteiger partial charge >= 0.3 is 12.3 Å². The van der Waals surface area contributed by atoms with Crippen molar-refractivity contribution in [1.29, 1.82) is 0 Å². The van der Waals surface area contributed by atoms with Crippen LogP contribution in [0.2, 0.25) is 0 Å². The van der Waals surface area contributed by atoms with E-state index in [1.807, 2.05) is 60.7 Å². The second kappa shape index (κ2) is 10.5. The molecule has 10 heteroatoms. The Bertz CT molecular complexity index is 1300. The van der Waals surface area contributed by atoms with Crippen LogP contribution < -0.4 is 11.3 Å². The second-order valence-corrected chi connectivity index (χ2v) is 9.86. The third kappa shape index (κ3) is 5.25. The normalized spacial score (nSPS) is 19.7. The molecule has 1 aromatic heterocycles. The first-order chi connectivity index (χ1) is 18.2. The maximum atomic E-state index is 13.7. The van der Waals surface area contributed by atoms with Crippen molar-refractivity contribution in [3.63, 3.8) is 0 Å². The zero-order chi connectivity index (χ0) is 26.9. The predicted octanol–water partition coefficient (Wildman–Crippen LogP) is 5.08. The number of hydrogen-bond donors (Lipinski definition) is 1. The Morgan fingerprint density at radius 3 is 2.11 bits per heavy atom. The maximum absolute atomic E-state index is 13.7. The molecule has 3 aromatic rings. The molecule has 1 saturated carbocycles. The van der Waals surface area contributed by atoms with Crippen LogP contribution in [0, 0.1) is 5.92 Å². The first-order valence-electron chi connectivity index (χ1n) is 12.7. The number of nitrogens with zero attached hydrogens (tertiary/aromatic N) is 3. The fraction of sp³-hybridized carbons (Fsp3) is 0.393. The molecule has 0 unspecified atom stereocenters. The van der Waals surface area contributed by atoms with Gasteiger partial charge in [-0.05, 0) is 43.2 Å². The number of fused-ring (bicyclic) bond motifs is 1. The van der Waals surface area contributed by atoms with Gasteiger partial charge in [0.15, 0.2) is 0 Å². The highest BCUT2D eigenvalue weighted by atomic mass is 19.4. The highest BCUT2D eigenvalue weighted by molar-refractivity contribution is 5.68. The van der Waals surface area contributed by atoms with Gasteiger partial charge in [0, 0.05) is 12.1 Å². The molecule has 0 spiro atoms. The minimum absolute atomic E-state index is 0.0344. The van der Waals surface area contributed by atoms with Crippen LogP contribution >= 0.6 is 0 Å². The molecule has 2 heterocycles. The SMILES string of the molecule is Nc1nc2c(c(=O)n1C(c1ccccc1)c1ccccc1)CCN(C(=O)O[C@H]1CC[C@@H](C(F)(F)F)CC1)C2. The van der Waals surface area contributed by atoms with Crippen LogP contribution in [0.4, 0.5) is 23.9 Å². The van der Waals surface area contributed by atoms with E-state index in [4.69, 9.17) is 10.5 Å². The molecule has 2 aromatic carbocycles. The average Bonchev–Trinajstić information content (AvgIpc) is 2.91. The number of nitrogen functional groups attached to an aromatic ring is 1. The fourth-order valence-electron chi connectivity index (χ4n) is 5.41. The molecular weight excluding hydrogens is 497 g/mol. The zero-order valence-electron chi connectivity index (χ0n) is 20.7. The van der Waals surface area contributed by atoms with Gasteiger partial charge in [0.1, 0.15) is 6.10 Å². The summed E-state index contributed by atoms with van der Waals surface area (Å²) in [5, 5.41) is 0. The predicted molar refractivity (Wildman–Crippen MR) is 135 cm³/mol. The number of amides is 1. The number of halogens is 3. The highest BCUT2D eigenvalue weighted by Gasteiger charge is 2.42. The summed E-state index contributed by atoms with van der Waals surface area (Å²) in [5.74, 6) is -1.31. The number of aromatic nitrogens is 2. The number of carbonyl (C=O) groups is 1. The number of nitrogens with two attached hydrogens (primary N) is 1. The lowest BCUT2D eigenvalue weighted by molar-refractivity contribution is -0.186. The van der Waals surface area contributed by atoms with Gasteiger partial charge in [0.25, 0.3) is 5.56 Å². The number of rotatable bonds is 4. The molecule has 1 aliphatic heterocycles. The summed E-state index contributed by atoms with van der Waals surface area (Å²) < 4.78 is 45.8. The first-order valence-corrected chi connectivity index (χ1v) is 12.7. The molecule has 200 valence electrons. The van der Waals surface area contributed by atoms with Crippen LogP contribution in [0.25, 0.3) is 0 Å². The molecule has 1 fully saturated rings. The largest absolute Gasteiger partial charge is 0.446 e. The summed E-state index contributed by atoms with van der Waals surface area (Å²) in [6.07, 6.45) is -4.85. The lowest BCUT2D eigenvalue weighted by Crippen LogP contribution is -2.43. The van der Waals surface area contributed by atoms with Crippen molar-refractivity contribution < 1.29 is 22.7 Å². The van der Waals surface area contributed by atoms with Crippen molar-refractivity contribution >= 4 is 12.0 Å². The quantitative estimate of drug-likeness (QED) is 0.512. The van der Waals surface area contributed by atoms with Crippen LogP contribution in [0.15, 0.2) is 65.5 Å². The van der Waals surface area contributed by atoms with Gasteiger partial charge in [-0.25, -0.2) is 9.78 Å². The Morgan fingerprint density at radius 1 is 0.974 bits per heavy atom. The Morgan fingerprint density at radius 2 is 1.55 bits per heavy atom. The number of carbonyl (C=O) groups excluding carboxylic acids is 1. The molecule has 38 heavy (non-hydrogen) atoms. The molecule has 5 rings (SSSR count). The molecular formula is C28H29F3N4O3. The molecule has 0 saturated heterocycles. The van der Waals surface area contributed by atoms with E-state index >= 15 is 0 Å². The average molecular weight is 527 g/mol. The van der Waals surface area contributed by atoms with E-state index in [0.29, 0.717) is 11.3 Å². The van der Waals surface area contributed by atoms with Gasteiger partial charge < -0.3 is 15.4 Å². The highest BCUT2D eigenvalue weighted by Crippen LogP contribution is 2.38. The number of anilines is 1. The summed E-state index contributed by atoms with van der Waals surface area (Å²) in [5.41, 5.74) is 8.78. The summed E-state index contributed by atoms with van der Waals surface area (Å²) in [7, 11) is 0. The molecule has 7 nitrogen and oxygen atoms in total. The maximum Gasteiger partial charge on any atom is 0.410 e. The van der Waals surface area contributed by atoms with Gasteiger partial charge in [0.2, 0.25) is 5.95 Å². The molecule has 1 aliphatic carbocycles. The minimum Gasteiger partial charge on any atom is -0.446 e. The molecule has 2 aliphatic rings. The summed E-state index contributed by atoms with van der Waals surface area (Å²) in [6, 6.07) is 18.7. The van der Waals surface area contributed by atoms with E-state index in [-0.39, 0.29) is 56.7 Å². The Labute approximate surface area is 218 Å². The van der Waals surface area contributed by atoms with Crippen molar-refractivity contribution in [3.05, 3.63) is 93.4 Å². The van der Waals surface area contributed by atoms with Gasteiger partial charge in [-0.1, -0.05) is 60.7 Å². The van der Waals surface area contributed by atoms with Gasteiger partial charge in [0.05, 0.1) is 24.2 Å². The van der Waals surface area contributed by atoms with E-state index in [1.165, 1.54) is 9.47 Å². The van der Waals surface area contributed by atoms with E-state index in [2.05, 4.69) is 4.98 Å². The van der Waals surface area contributed by atoms with Crippen molar-refractivity contribution in [3.8, 4) is 0 Å². The smallest absolute Gasteiger partial charge is 0.410 e. The first kappa shape index (κ1) is 25.8. The standard InChI is InChI=1S/C28H29F3N4O3/c29-28(30,31)20-11-13-21(14-12-20)38-27(37)34-16-15-22-23(17-34)33-26(32)35(25(22)36)24(18-7-3-1-4-8-18)19-9-5-2-6-10-19/h1-10,20-21,24H,11-17H2,(H2,32,33)/t20-,21+. The van der Waals surface area contributed by atoms with Crippen molar-refractivity contribution in [1.82, 2.24) is 14.5 Å². The van der Waals surface area contributed by atoms with Gasteiger partial charge in [-0.15, -0.1) is 0 Å². The lowest BCUT2D eigenvalue weighted by Gasteiger charge is -2.33. The topological polar surface area (TPSA) is 90.5 Å². The minimum atomic E-state index is -4.22. The summed E-state index contributed by atoms with van der Waals surface area (Å²) in [6.45, 7) is 0.291. The number of hydrogen-bond acceptors (Lipinski definition) is 5. The Balaban J connectivity index is 1.36. The van der Waals surface area contributed by atoms with Crippen molar-refractivity contribution in [2.75, 3.05) is 12.3 Å². The lowest BCUT2D eigenvalue weighted by atomic mass is 9.87. The van der Waals surface area contributed by atoms with Crippen LogP contribution in [-0.2, 0) is 17.7 Å². The van der Waals surface area contributed by atoms with Crippen molar-refractivity contribution in [2.24, 2.45) is 5.92 Å². The van der Waals surface area contributed by atoms with E-state index in [1.54, 1.807) is 0 Å². The third-order valence-electron chi connectivity index (χ3n) is 7.45. The second-order valence-electron chi connectivity index (χ2n) is 9.86. The Kier molecular flexibility index (Phi) is 7.14. The number of ether oxygens (including phenoxy) is 1. The molecule has 0 bridgehead atoms. The molecule has 0 atom stereocenters.